The molecule has 0 saturated carbocycles. The molecule has 0 aliphatic heterocycles. The lowest BCUT2D eigenvalue weighted by Gasteiger charge is -2.28. The summed E-state index contributed by atoms with van der Waals surface area (Å²) in [6, 6.07) is 0. The zero-order valence-electron chi connectivity index (χ0n) is 8.46. The van der Waals surface area contributed by atoms with Gasteiger partial charge in [-0.15, -0.1) is 0 Å². The summed E-state index contributed by atoms with van der Waals surface area (Å²) < 4.78 is 22.0. The second kappa shape index (κ2) is 4.62. The Hall–Kier alpha value is -0.530. The number of rotatable bonds is 5. The second-order valence-corrected chi connectivity index (χ2v) is 7.41. The van der Waals surface area contributed by atoms with Crippen molar-refractivity contribution in [1.82, 2.24) is 9.97 Å². The fourth-order valence-corrected chi connectivity index (χ4v) is 3.35. The summed E-state index contributed by atoms with van der Waals surface area (Å²) in [5, 5.41) is 6.13. The fraction of sp³-hybridized carbons (Fsp3) is 0.500. The third-order valence-corrected chi connectivity index (χ3v) is 6.06. The van der Waals surface area contributed by atoms with Crippen molar-refractivity contribution in [3.8, 4) is 0 Å². The molecule has 0 aromatic carbocycles. The molecule has 6 N–H and O–H groups in total. The van der Waals surface area contributed by atoms with Crippen molar-refractivity contribution in [2.24, 2.45) is 0 Å². The summed E-state index contributed by atoms with van der Waals surface area (Å²) in [7, 11) is -10.8. The van der Waals surface area contributed by atoms with Crippen molar-refractivity contribution in [3.63, 3.8) is 0 Å². The number of imidazole rings is 1. The van der Waals surface area contributed by atoms with Gasteiger partial charge >= 0.3 is 15.2 Å². The van der Waals surface area contributed by atoms with Crippen LogP contribution >= 0.6 is 15.2 Å². The SMILES string of the molecule is O=P(O)(O)C(O)(CCc1ncc[nH]1)P(=O)(O)O. The molecule has 0 spiro atoms. The monoisotopic (exact) mass is 286 g/mol. The van der Waals surface area contributed by atoms with E-state index in [4.69, 9.17) is 19.6 Å². The van der Waals surface area contributed by atoms with Crippen LogP contribution in [-0.2, 0) is 15.6 Å². The predicted octanol–water partition coefficient (Wildman–Crippen LogP) is -0.656. The van der Waals surface area contributed by atoms with Crippen LogP contribution in [-0.4, -0.2) is 39.7 Å². The summed E-state index contributed by atoms with van der Waals surface area (Å²) in [4.78, 5) is 41.7. The summed E-state index contributed by atoms with van der Waals surface area (Å²) in [5.74, 6) is 0.255. The number of H-pyrrole nitrogens is 1. The minimum atomic E-state index is -5.38. The molecule has 0 amide bonds. The van der Waals surface area contributed by atoms with E-state index in [1.165, 1.54) is 12.4 Å². The van der Waals surface area contributed by atoms with Crippen LogP contribution in [0, 0.1) is 0 Å². The van der Waals surface area contributed by atoms with E-state index in [0.29, 0.717) is 0 Å². The molecule has 0 saturated heterocycles. The van der Waals surface area contributed by atoms with Gasteiger partial charge in [0.15, 0.2) is 0 Å². The molecule has 98 valence electrons. The van der Waals surface area contributed by atoms with Crippen molar-refractivity contribution in [2.75, 3.05) is 0 Å². The van der Waals surface area contributed by atoms with E-state index in [0.717, 1.165) is 0 Å². The van der Waals surface area contributed by atoms with Crippen LogP contribution in [0.3, 0.4) is 0 Å². The van der Waals surface area contributed by atoms with Crippen molar-refractivity contribution in [3.05, 3.63) is 18.2 Å². The van der Waals surface area contributed by atoms with Gasteiger partial charge in [-0.2, -0.15) is 0 Å². The van der Waals surface area contributed by atoms with Crippen molar-refractivity contribution in [2.45, 2.75) is 17.9 Å². The van der Waals surface area contributed by atoms with Crippen LogP contribution in [0.25, 0.3) is 0 Å². The van der Waals surface area contributed by atoms with E-state index < -0.39 is 26.7 Å². The number of nitrogens with one attached hydrogen (secondary N) is 1. The van der Waals surface area contributed by atoms with Gasteiger partial charge in [0.1, 0.15) is 5.82 Å². The molecule has 1 aromatic heterocycles. The van der Waals surface area contributed by atoms with Gasteiger partial charge in [-0.3, -0.25) is 9.13 Å². The quantitative estimate of drug-likeness (QED) is 0.388. The maximum Gasteiger partial charge on any atom is 0.369 e. The highest BCUT2D eigenvalue weighted by Crippen LogP contribution is 2.69. The predicted molar refractivity (Wildman–Crippen MR) is 55.9 cm³/mol. The maximum atomic E-state index is 11.0. The molecular formula is C6H12N2O7P2. The largest absolute Gasteiger partial charge is 0.369 e. The highest BCUT2D eigenvalue weighted by Gasteiger charge is 2.58. The average molecular weight is 286 g/mol. The average Bonchev–Trinajstić information content (AvgIpc) is 2.62. The Morgan fingerprint density at radius 2 is 1.76 bits per heavy atom. The number of aromatic nitrogens is 2. The van der Waals surface area contributed by atoms with Crippen LogP contribution in [0.5, 0.6) is 0 Å². The molecule has 11 heteroatoms. The van der Waals surface area contributed by atoms with E-state index >= 15 is 0 Å². The van der Waals surface area contributed by atoms with Crippen LogP contribution in [0.1, 0.15) is 12.2 Å². The first-order valence-electron chi connectivity index (χ1n) is 4.40. The molecule has 1 rings (SSSR count). The summed E-state index contributed by atoms with van der Waals surface area (Å²) in [5.41, 5.74) is 0. The topological polar surface area (TPSA) is 164 Å². The lowest BCUT2D eigenvalue weighted by Crippen LogP contribution is -2.29. The number of hydrogen-bond acceptors (Lipinski definition) is 4. The molecule has 0 fully saturated rings. The first-order chi connectivity index (χ1) is 7.58. The van der Waals surface area contributed by atoms with Gasteiger partial charge in [0.25, 0.3) is 5.08 Å². The molecule has 0 aliphatic rings. The van der Waals surface area contributed by atoms with Gasteiger partial charge in [0, 0.05) is 25.2 Å². The van der Waals surface area contributed by atoms with E-state index in [9.17, 15) is 14.2 Å². The normalized spacial score (nSPS) is 13.9. The number of nitrogens with zero attached hydrogens (tertiary/aromatic N) is 1. The molecule has 0 aliphatic carbocycles. The Kier molecular flexibility index (Phi) is 3.95. The number of aromatic amines is 1. The molecule has 0 bridgehead atoms. The fourth-order valence-electron chi connectivity index (χ4n) is 1.18. The summed E-state index contributed by atoms with van der Waals surface area (Å²) in [6.07, 6.45) is 1.78. The molecule has 0 unspecified atom stereocenters. The summed E-state index contributed by atoms with van der Waals surface area (Å²) in [6.45, 7) is 0. The van der Waals surface area contributed by atoms with E-state index in [1.807, 2.05) is 0 Å². The summed E-state index contributed by atoms with van der Waals surface area (Å²) >= 11 is 0. The highest BCUT2D eigenvalue weighted by molar-refractivity contribution is 7.72. The number of aryl methyl sites for hydroxylation is 1. The molecule has 9 nitrogen and oxygen atoms in total. The Morgan fingerprint density at radius 1 is 1.24 bits per heavy atom. The lowest BCUT2D eigenvalue weighted by molar-refractivity contribution is 0.123. The minimum Gasteiger partial charge on any atom is -0.368 e. The van der Waals surface area contributed by atoms with Crippen molar-refractivity contribution < 1.29 is 33.8 Å². The van der Waals surface area contributed by atoms with Crippen LogP contribution in [0.2, 0.25) is 0 Å². The Bertz CT molecular complexity index is 439. The molecular weight excluding hydrogens is 274 g/mol. The Morgan fingerprint density at radius 3 is 2.12 bits per heavy atom. The number of aliphatic hydroxyl groups is 1. The van der Waals surface area contributed by atoms with Gasteiger partial charge in [-0.25, -0.2) is 4.98 Å². The van der Waals surface area contributed by atoms with Crippen molar-refractivity contribution in [1.29, 1.82) is 0 Å². The second-order valence-electron chi connectivity index (χ2n) is 3.40. The third-order valence-electron chi connectivity index (χ3n) is 2.19. The smallest absolute Gasteiger partial charge is 0.368 e. The van der Waals surface area contributed by atoms with Gasteiger partial charge in [-0.1, -0.05) is 0 Å². The van der Waals surface area contributed by atoms with Crippen LogP contribution in [0.4, 0.5) is 0 Å². The Labute approximate surface area is 95.9 Å². The molecule has 17 heavy (non-hydrogen) atoms. The van der Waals surface area contributed by atoms with Crippen LogP contribution in [0.15, 0.2) is 12.4 Å². The van der Waals surface area contributed by atoms with E-state index in [-0.39, 0.29) is 12.2 Å². The minimum absolute atomic E-state index is 0.209. The van der Waals surface area contributed by atoms with Gasteiger partial charge < -0.3 is 29.7 Å². The standard InChI is InChI=1S/C6H12N2O7P2/c9-6(16(10,11)12,17(13,14)15)2-1-5-7-3-4-8-5/h3-4,9H,1-2H2,(H,7,8)(H2,10,11,12)(H2,13,14,15). The van der Waals surface area contributed by atoms with E-state index in [2.05, 4.69) is 9.97 Å². The first kappa shape index (κ1) is 14.5. The first-order valence-corrected chi connectivity index (χ1v) is 7.62. The molecule has 0 radical (unpaired) electrons. The van der Waals surface area contributed by atoms with Crippen LogP contribution < -0.4 is 0 Å². The third kappa shape index (κ3) is 3.02. The maximum absolute atomic E-state index is 11.0. The Balaban J connectivity index is 2.94. The molecule has 0 atom stereocenters. The van der Waals surface area contributed by atoms with Crippen molar-refractivity contribution >= 4 is 15.2 Å². The number of hydrogen-bond donors (Lipinski definition) is 6. The van der Waals surface area contributed by atoms with E-state index in [1.54, 1.807) is 0 Å². The zero-order valence-corrected chi connectivity index (χ0v) is 10.3. The van der Waals surface area contributed by atoms with Gasteiger partial charge in [-0.05, 0) is 0 Å². The molecule has 1 aromatic rings. The van der Waals surface area contributed by atoms with Gasteiger partial charge in [0.2, 0.25) is 0 Å². The molecule has 1 heterocycles. The lowest BCUT2D eigenvalue weighted by atomic mass is 10.3. The highest BCUT2D eigenvalue weighted by atomic mass is 31.2. The zero-order chi connectivity index (χ0) is 13.3. The van der Waals surface area contributed by atoms with Gasteiger partial charge in [0.05, 0.1) is 0 Å².